The number of hydrogen-bond acceptors (Lipinski definition) is 4. The summed E-state index contributed by atoms with van der Waals surface area (Å²) < 4.78 is 23.2. The van der Waals surface area contributed by atoms with Crippen molar-refractivity contribution in [2.24, 2.45) is 0 Å². The highest BCUT2D eigenvalue weighted by molar-refractivity contribution is 7.91. The molecule has 1 fully saturated rings. The van der Waals surface area contributed by atoms with Crippen molar-refractivity contribution in [1.29, 1.82) is 0 Å². The maximum absolute atomic E-state index is 11.6. The lowest BCUT2D eigenvalue weighted by molar-refractivity contribution is 0.253. The maximum atomic E-state index is 11.6. The summed E-state index contributed by atoms with van der Waals surface area (Å²) in [5.41, 5.74) is 3.99. The van der Waals surface area contributed by atoms with E-state index in [2.05, 4.69) is 28.4 Å². The fraction of sp³-hybridized carbons (Fsp3) is 0.600. The van der Waals surface area contributed by atoms with E-state index in [4.69, 9.17) is 0 Å². The number of nitrogens with one attached hydrogen (secondary N) is 1. The van der Waals surface area contributed by atoms with Crippen LogP contribution in [0.15, 0.2) is 18.2 Å². The zero-order valence-electron chi connectivity index (χ0n) is 11.9. The van der Waals surface area contributed by atoms with E-state index >= 15 is 0 Å². The quantitative estimate of drug-likeness (QED) is 0.921. The molecule has 1 atom stereocenters. The molecule has 3 rings (SSSR count). The Bertz CT molecular complexity index is 598. The molecule has 2 aliphatic rings. The highest BCUT2D eigenvalue weighted by atomic mass is 32.2. The Labute approximate surface area is 121 Å². The third-order valence-corrected chi connectivity index (χ3v) is 6.19. The van der Waals surface area contributed by atoms with Crippen molar-refractivity contribution < 1.29 is 8.42 Å². The van der Waals surface area contributed by atoms with Gasteiger partial charge in [-0.15, -0.1) is 0 Å². The molecular weight excluding hydrogens is 272 g/mol. The first-order valence-electron chi connectivity index (χ1n) is 7.30. The van der Waals surface area contributed by atoms with E-state index in [1.807, 2.05) is 7.05 Å². The molecule has 0 aliphatic carbocycles. The monoisotopic (exact) mass is 294 g/mol. The molecule has 4 nitrogen and oxygen atoms in total. The average molecular weight is 294 g/mol. The van der Waals surface area contributed by atoms with Gasteiger partial charge in [0.15, 0.2) is 9.84 Å². The number of nitrogens with zero attached hydrogens (tertiary/aromatic N) is 1. The molecule has 1 unspecified atom stereocenters. The third-order valence-electron chi connectivity index (χ3n) is 4.44. The van der Waals surface area contributed by atoms with Gasteiger partial charge in [-0.1, -0.05) is 12.1 Å². The van der Waals surface area contributed by atoms with Crippen LogP contribution in [0.25, 0.3) is 0 Å². The Morgan fingerprint density at radius 3 is 3.00 bits per heavy atom. The van der Waals surface area contributed by atoms with Crippen LogP contribution in [0.1, 0.15) is 24.0 Å². The summed E-state index contributed by atoms with van der Waals surface area (Å²) in [5.74, 6) is 0.660. The average Bonchev–Trinajstić information content (AvgIpc) is 2.80. The maximum Gasteiger partial charge on any atom is 0.151 e. The van der Waals surface area contributed by atoms with E-state index in [-0.39, 0.29) is 6.04 Å². The number of benzene rings is 1. The Kier molecular flexibility index (Phi) is 3.73. The first-order chi connectivity index (χ1) is 9.55. The fourth-order valence-corrected chi connectivity index (χ4v) is 5.06. The minimum Gasteiger partial charge on any atom is -0.385 e. The normalized spacial score (nSPS) is 24.4. The topological polar surface area (TPSA) is 49.4 Å². The van der Waals surface area contributed by atoms with E-state index in [0.717, 1.165) is 25.9 Å². The van der Waals surface area contributed by atoms with Crippen LogP contribution in [0.3, 0.4) is 0 Å². The van der Waals surface area contributed by atoms with Gasteiger partial charge in [0, 0.05) is 24.8 Å². The largest absolute Gasteiger partial charge is 0.385 e. The Balaban J connectivity index is 1.75. The van der Waals surface area contributed by atoms with Gasteiger partial charge in [0.05, 0.1) is 11.5 Å². The molecule has 0 spiro atoms. The lowest BCUT2D eigenvalue weighted by Gasteiger charge is -2.27. The molecule has 0 saturated carbocycles. The van der Waals surface area contributed by atoms with Gasteiger partial charge < -0.3 is 5.32 Å². The molecule has 20 heavy (non-hydrogen) atoms. The number of rotatable bonds is 3. The van der Waals surface area contributed by atoms with E-state index in [1.165, 1.54) is 23.2 Å². The van der Waals surface area contributed by atoms with Gasteiger partial charge in [0.25, 0.3) is 0 Å². The molecule has 0 radical (unpaired) electrons. The molecule has 0 bridgehead atoms. The number of sulfone groups is 1. The predicted molar refractivity (Wildman–Crippen MR) is 81.8 cm³/mol. The van der Waals surface area contributed by atoms with E-state index in [1.54, 1.807) is 0 Å². The molecule has 1 saturated heterocycles. The summed E-state index contributed by atoms with van der Waals surface area (Å²) >= 11 is 0. The van der Waals surface area contributed by atoms with Crippen molar-refractivity contribution in [2.45, 2.75) is 31.8 Å². The summed E-state index contributed by atoms with van der Waals surface area (Å²) in [6.07, 6.45) is 3.06. The highest BCUT2D eigenvalue weighted by Gasteiger charge is 2.30. The number of hydrogen-bond donors (Lipinski definition) is 1. The van der Waals surface area contributed by atoms with Crippen LogP contribution in [0.5, 0.6) is 0 Å². The second-order valence-electron chi connectivity index (χ2n) is 5.95. The molecular formula is C15H22N2O2S. The lowest BCUT2D eigenvalue weighted by Crippen LogP contribution is -2.32. The predicted octanol–water partition coefficient (Wildman–Crippen LogP) is 1.66. The second-order valence-corrected chi connectivity index (χ2v) is 8.17. The number of fused-ring (bicyclic) bond motifs is 1. The Hall–Kier alpha value is -1.07. The molecule has 0 amide bonds. The molecule has 0 aromatic heterocycles. The van der Waals surface area contributed by atoms with Crippen LogP contribution in [-0.4, -0.2) is 44.5 Å². The first-order valence-corrected chi connectivity index (χ1v) is 9.12. The van der Waals surface area contributed by atoms with Crippen molar-refractivity contribution in [3.05, 3.63) is 29.3 Å². The summed E-state index contributed by atoms with van der Waals surface area (Å²) in [6.45, 7) is 1.89. The molecule has 110 valence electrons. The van der Waals surface area contributed by atoms with Crippen LogP contribution in [0.2, 0.25) is 0 Å². The lowest BCUT2D eigenvalue weighted by atomic mass is 9.97. The Morgan fingerprint density at radius 2 is 2.25 bits per heavy atom. The zero-order valence-corrected chi connectivity index (χ0v) is 12.7. The van der Waals surface area contributed by atoms with E-state index < -0.39 is 9.84 Å². The van der Waals surface area contributed by atoms with Gasteiger partial charge in [-0.05, 0) is 43.5 Å². The van der Waals surface area contributed by atoms with Gasteiger partial charge in [0.2, 0.25) is 0 Å². The standard InChI is InChI=1S/C15H22N2O2S/c1-17(13-7-9-20(18,19)11-13)10-12-4-2-6-15-14(12)5-3-8-16-15/h2,4,6,13,16H,3,5,7-11H2,1H3. The van der Waals surface area contributed by atoms with Crippen molar-refractivity contribution in [1.82, 2.24) is 4.90 Å². The van der Waals surface area contributed by atoms with Gasteiger partial charge in [-0.2, -0.15) is 0 Å². The van der Waals surface area contributed by atoms with Gasteiger partial charge in [0.1, 0.15) is 0 Å². The minimum absolute atomic E-state index is 0.174. The van der Waals surface area contributed by atoms with Crippen molar-refractivity contribution in [2.75, 3.05) is 30.4 Å². The number of anilines is 1. The van der Waals surface area contributed by atoms with Crippen LogP contribution in [0.4, 0.5) is 5.69 Å². The van der Waals surface area contributed by atoms with Crippen LogP contribution in [-0.2, 0) is 22.8 Å². The van der Waals surface area contributed by atoms with Crippen LogP contribution >= 0.6 is 0 Å². The molecule has 2 heterocycles. The first kappa shape index (κ1) is 13.9. The Morgan fingerprint density at radius 1 is 1.40 bits per heavy atom. The van der Waals surface area contributed by atoms with E-state index in [0.29, 0.717) is 11.5 Å². The SMILES string of the molecule is CN(Cc1cccc2c1CCCN2)C1CCS(=O)(=O)C1. The molecule has 1 aromatic rings. The van der Waals surface area contributed by atoms with Crippen LogP contribution < -0.4 is 5.32 Å². The molecule has 1 N–H and O–H groups in total. The van der Waals surface area contributed by atoms with Gasteiger partial charge in [-0.3, -0.25) is 4.90 Å². The van der Waals surface area contributed by atoms with E-state index in [9.17, 15) is 8.42 Å². The summed E-state index contributed by atoms with van der Waals surface area (Å²) in [6, 6.07) is 6.57. The van der Waals surface area contributed by atoms with Crippen molar-refractivity contribution in [3.63, 3.8) is 0 Å². The summed E-state index contributed by atoms with van der Waals surface area (Å²) in [5, 5.41) is 3.44. The summed E-state index contributed by atoms with van der Waals surface area (Å²) in [7, 11) is -0.761. The second kappa shape index (κ2) is 5.37. The highest BCUT2D eigenvalue weighted by Crippen LogP contribution is 2.27. The van der Waals surface area contributed by atoms with Gasteiger partial charge >= 0.3 is 0 Å². The van der Waals surface area contributed by atoms with Crippen molar-refractivity contribution in [3.8, 4) is 0 Å². The minimum atomic E-state index is -2.80. The van der Waals surface area contributed by atoms with Crippen molar-refractivity contribution >= 4 is 15.5 Å². The van der Waals surface area contributed by atoms with Crippen LogP contribution in [0, 0.1) is 0 Å². The summed E-state index contributed by atoms with van der Waals surface area (Å²) in [4.78, 5) is 2.20. The molecule has 1 aromatic carbocycles. The third kappa shape index (κ3) is 2.83. The zero-order chi connectivity index (χ0) is 14.2. The van der Waals surface area contributed by atoms with Gasteiger partial charge in [-0.25, -0.2) is 8.42 Å². The smallest absolute Gasteiger partial charge is 0.151 e. The molecule has 2 aliphatic heterocycles. The molecule has 5 heteroatoms. The fourth-order valence-electron chi connectivity index (χ4n) is 3.25.